The van der Waals surface area contributed by atoms with E-state index in [0.717, 1.165) is 25.4 Å². The molecule has 1 fully saturated rings. The Hall–Kier alpha value is -1.06. The van der Waals surface area contributed by atoms with Crippen molar-refractivity contribution in [3.05, 3.63) is 29.8 Å². The molecule has 0 aromatic heterocycles. The molecule has 0 bridgehead atoms. The lowest BCUT2D eigenvalue weighted by Crippen LogP contribution is -2.42. The smallest absolute Gasteiger partial charge is 0.119 e. The maximum absolute atomic E-state index is 6.08. The number of benzene rings is 1. The molecule has 1 aliphatic rings. The number of hydrogen-bond acceptors (Lipinski definition) is 3. The van der Waals surface area contributed by atoms with E-state index in [4.69, 9.17) is 10.5 Å². The normalized spacial score (nSPS) is 18.2. The first kappa shape index (κ1) is 15.3. The van der Waals surface area contributed by atoms with Gasteiger partial charge in [0.1, 0.15) is 5.75 Å². The molecular formula is C17H28N2O. The van der Waals surface area contributed by atoms with E-state index in [1.54, 1.807) is 7.11 Å². The van der Waals surface area contributed by atoms with Crippen LogP contribution in [0.2, 0.25) is 0 Å². The Labute approximate surface area is 123 Å². The third-order valence-electron chi connectivity index (χ3n) is 4.54. The lowest BCUT2D eigenvalue weighted by Gasteiger charge is -2.39. The first-order valence-electron chi connectivity index (χ1n) is 7.69. The molecule has 3 nitrogen and oxygen atoms in total. The fraction of sp³-hybridized carbons (Fsp3) is 0.647. The van der Waals surface area contributed by atoms with Crippen LogP contribution in [0.5, 0.6) is 5.75 Å². The summed E-state index contributed by atoms with van der Waals surface area (Å²) in [5.41, 5.74) is 7.72. The molecule has 20 heavy (non-hydrogen) atoms. The van der Waals surface area contributed by atoms with E-state index in [0.29, 0.717) is 5.41 Å². The summed E-state index contributed by atoms with van der Waals surface area (Å²) in [5.74, 6) is 0.933. The quantitative estimate of drug-likeness (QED) is 0.868. The predicted molar refractivity (Wildman–Crippen MR) is 83.9 cm³/mol. The first-order valence-corrected chi connectivity index (χ1v) is 7.69. The van der Waals surface area contributed by atoms with Crippen molar-refractivity contribution in [2.45, 2.75) is 38.6 Å². The van der Waals surface area contributed by atoms with Gasteiger partial charge in [-0.05, 0) is 49.5 Å². The molecule has 0 spiro atoms. The topological polar surface area (TPSA) is 38.5 Å². The van der Waals surface area contributed by atoms with Crippen molar-refractivity contribution in [2.75, 3.05) is 27.2 Å². The second-order valence-corrected chi connectivity index (χ2v) is 6.29. The zero-order chi connectivity index (χ0) is 14.4. The van der Waals surface area contributed by atoms with Gasteiger partial charge in [0.25, 0.3) is 0 Å². The number of nitrogens with two attached hydrogens (primary N) is 1. The molecule has 0 atom stereocenters. The van der Waals surface area contributed by atoms with Crippen molar-refractivity contribution in [1.29, 1.82) is 0 Å². The van der Waals surface area contributed by atoms with Gasteiger partial charge in [-0.15, -0.1) is 0 Å². The largest absolute Gasteiger partial charge is 0.497 e. The molecule has 1 saturated carbocycles. The van der Waals surface area contributed by atoms with Gasteiger partial charge >= 0.3 is 0 Å². The van der Waals surface area contributed by atoms with Crippen LogP contribution in [0.25, 0.3) is 0 Å². The van der Waals surface area contributed by atoms with Crippen LogP contribution < -0.4 is 10.5 Å². The van der Waals surface area contributed by atoms with Gasteiger partial charge in [-0.1, -0.05) is 31.4 Å². The fourth-order valence-corrected chi connectivity index (χ4v) is 3.44. The molecule has 2 rings (SSSR count). The van der Waals surface area contributed by atoms with Gasteiger partial charge in [0.15, 0.2) is 0 Å². The van der Waals surface area contributed by atoms with Crippen LogP contribution in [0.1, 0.15) is 37.7 Å². The predicted octanol–water partition coefficient (Wildman–Crippen LogP) is 3.04. The van der Waals surface area contributed by atoms with Gasteiger partial charge in [0.2, 0.25) is 0 Å². The third-order valence-corrected chi connectivity index (χ3v) is 4.54. The van der Waals surface area contributed by atoms with Crippen LogP contribution in [0.15, 0.2) is 24.3 Å². The van der Waals surface area contributed by atoms with E-state index in [1.807, 2.05) is 6.07 Å². The summed E-state index contributed by atoms with van der Waals surface area (Å²) in [6.45, 7) is 2.87. The highest BCUT2D eigenvalue weighted by atomic mass is 16.5. The van der Waals surface area contributed by atoms with Crippen molar-refractivity contribution in [3.8, 4) is 5.75 Å². The number of rotatable bonds is 6. The van der Waals surface area contributed by atoms with E-state index in [9.17, 15) is 0 Å². The van der Waals surface area contributed by atoms with Gasteiger partial charge in [-0.2, -0.15) is 0 Å². The van der Waals surface area contributed by atoms with Crippen molar-refractivity contribution in [3.63, 3.8) is 0 Å². The maximum Gasteiger partial charge on any atom is 0.119 e. The van der Waals surface area contributed by atoms with E-state index in [2.05, 4.69) is 30.1 Å². The molecule has 1 aliphatic carbocycles. The summed E-state index contributed by atoms with van der Waals surface area (Å²) in [6.07, 6.45) is 6.62. The van der Waals surface area contributed by atoms with Crippen molar-refractivity contribution >= 4 is 0 Å². The lowest BCUT2D eigenvalue weighted by atomic mass is 9.73. The highest BCUT2D eigenvalue weighted by molar-refractivity contribution is 5.28. The minimum absolute atomic E-state index is 0.339. The summed E-state index contributed by atoms with van der Waals surface area (Å²) in [5, 5.41) is 0. The Bertz CT molecular complexity index is 413. The van der Waals surface area contributed by atoms with Crippen molar-refractivity contribution < 1.29 is 4.74 Å². The number of hydrogen-bond donors (Lipinski definition) is 1. The van der Waals surface area contributed by atoms with E-state index < -0.39 is 0 Å². The molecule has 3 heteroatoms. The van der Waals surface area contributed by atoms with Crippen LogP contribution >= 0.6 is 0 Å². The monoisotopic (exact) mass is 276 g/mol. The second-order valence-electron chi connectivity index (χ2n) is 6.29. The van der Waals surface area contributed by atoms with Gasteiger partial charge in [-0.3, -0.25) is 0 Å². The highest BCUT2D eigenvalue weighted by Gasteiger charge is 2.31. The zero-order valence-electron chi connectivity index (χ0n) is 12.9. The van der Waals surface area contributed by atoms with E-state index in [-0.39, 0.29) is 0 Å². The maximum atomic E-state index is 6.08. The summed E-state index contributed by atoms with van der Waals surface area (Å²) < 4.78 is 5.29. The van der Waals surface area contributed by atoms with Gasteiger partial charge in [-0.25, -0.2) is 0 Å². The Balaban J connectivity index is 1.95. The average molecular weight is 276 g/mol. The number of ether oxygens (including phenoxy) is 1. The molecule has 1 aromatic rings. The Morgan fingerprint density at radius 2 is 2.00 bits per heavy atom. The Morgan fingerprint density at radius 1 is 1.25 bits per heavy atom. The summed E-state index contributed by atoms with van der Waals surface area (Å²) in [7, 11) is 3.92. The first-order chi connectivity index (χ1) is 9.67. The van der Waals surface area contributed by atoms with Gasteiger partial charge < -0.3 is 15.4 Å². The highest BCUT2D eigenvalue weighted by Crippen LogP contribution is 2.36. The molecule has 0 radical (unpaired) electrons. The molecule has 0 amide bonds. The fourth-order valence-electron chi connectivity index (χ4n) is 3.44. The average Bonchev–Trinajstić information content (AvgIpc) is 2.48. The third kappa shape index (κ3) is 3.97. The molecule has 0 saturated heterocycles. The SMILES string of the molecule is COc1cccc(CN(C)CC2(CN)CCCCC2)c1. The Morgan fingerprint density at radius 3 is 2.65 bits per heavy atom. The van der Waals surface area contributed by atoms with Gasteiger partial charge in [0.05, 0.1) is 7.11 Å². The number of nitrogens with zero attached hydrogens (tertiary/aromatic N) is 1. The summed E-state index contributed by atoms with van der Waals surface area (Å²) >= 11 is 0. The summed E-state index contributed by atoms with van der Waals surface area (Å²) in [4.78, 5) is 2.41. The zero-order valence-corrected chi connectivity index (χ0v) is 12.9. The minimum Gasteiger partial charge on any atom is -0.497 e. The van der Waals surface area contributed by atoms with Crippen molar-refractivity contribution in [1.82, 2.24) is 4.90 Å². The lowest BCUT2D eigenvalue weighted by molar-refractivity contribution is 0.124. The Kier molecular flexibility index (Phi) is 5.44. The standard InChI is InChI=1S/C17H28N2O/c1-19(12-15-7-6-8-16(11-15)20-2)14-17(13-18)9-4-3-5-10-17/h6-8,11H,3-5,9-10,12-14,18H2,1-2H3. The second kappa shape index (κ2) is 7.09. The molecule has 112 valence electrons. The van der Waals surface area contributed by atoms with Crippen LogP contribution in [-0.4, -0.2) is 32.1 Å². The van der Waals surface area contributed by atoms with Crippen LogP contribution in [0.4, 0.5) is 0 Å². The van der Waals surface area contributed by atoms with E-state index >= 15 is 0 Å². The van der Waals surface area contributed by atoms with Crippen LogP contribution in [0.3, 0.4) is 0 Å². The van der Waals surface area contributed by atoms with Crippen LogP contribution in [0, 0.1) is 5.41 Å². The molecular weight excluding hydrogens is 248 g/mol. The van der Waals surface area contributed by atoms with Crippen LogP contribution in [-0.2, 0) is 6.54 Å². The molecule has 1 aromatic carbocycles. The van der Waals surface area contributed by atoms with Crippen molar-refractivity contribution in [2.24, 2.45) is 11.1 Å². The number of methoxy groups -OCH3 is 1. The molecule has 0 unspecified atom stereocenters. The molecule has 2 N–H and O–H groups in total. The minimum atomic E-state index is 0.339. The van der Waals surface area contributed by atoms with E-state index in [1.165, 1.54) is 37.7 Å². The molecule has 0 aliphatic heterocycles. The molecule has 0 heterocycles. The summed E-state index contributed by atoms with van der Waals surface area (Å²) in [6, 6.07) is 8.33. The van der Waals surface area contributed by atoms with Gasteiger partial charge in [0, 0.05) is 13.1 Å².